The van der Waals surface area contributed by atoms with E-state index in [4.69, 9.17) is 0 Å². The summed E-state index contributed by atoms with van der Waals surface area (Å²) in [7, 11) is 0. The maximum absolute atomic E-state index is 12.9. The second kappa shape index (κ2) is 3.91. The van der Waals surface area contributed by atoms with Crippen molar-refractivity contribution in [3.63, 3.8) is 0 Å². The minimum atomic E-state index is -0.155. The van der Waals surface area contributed by atoms with Gasteiger partial charge in [-0.1, -0.05) is 37.3 Å². The SMILES string of the molecule is CCC=Cc1ccccc1F. The van der Waals surface area contributed by atoms with Crippen molar-refractivity contribution < 1.29 is 4.39 Å². The quantitative estimate of drug-likeness (QED) is 0.607. The summed E-state index contributed by atoms with van der Waals surface area (Å²) in [5, 5.41) is 0. The molecular weight excluding hydrogens is 139 g/mol. The van der Waals surface area contributed by atoms with Gasteiger partial charge in [0.1, 0.15) is 5.82 Å². The van der Waals surface area contributed by atoms with Gasteiger partial charge in [-0.3, -0.25) is 0 Å². The lowest BCUT2D eigenvalue weighted by Gasteiger charge is -1.93. The molecule has 1 aromatic rings. The molecule has 0 saturated carbocycles. The maximum Gasteiger partial charge on any atom is 0.130 e. The van der Waals surface area contributed by atoms with E-state index in [9.17, 15) is 4.39 Å². The highest BCUT2D eigenvalue weighted by Gasteiger charge is 1.92. The zero-order chi connectivity index (χ0) is 8.10. The van der Waals surface area contributed by atoms with Gasteiger partial charge in [0, 0.05) is 5.56 Å². The first-order valence-corrected chi connectivity index (χ1v) is 3.75. The number of hydrogen-bond donors (Lipinski definition) is 0. The smallest absolute Gasteiger partial charge is 0.130 e. The van der Waals surface area contributed by atoms with Gasteiger partial charge in [-0.05, 0) is 12.5 Å². The molecular formula is C10H11F. The Balaban J connectivity index is 2.86. The molecule has 0 nitrogen and oxygen atoms in total. The highest BCUT2D eigenvalue weighted by atomic mass is 19.1. The van der Waals surface area contributed by atoms with Crippen molar-refractivity contribution in [2.24, 2.45) is 0 Å². The van der Waals surface area contributed by atoms with Gasteiger partial charge < -0.3 is 0 Å². The zero-order valence-corrected chi connectivity index (χ0v) is 6.55. The molecule has 0 amide bonds. The Morgan fingerprint density at radius 3 is 2.73 bits per heavy atom. The van der Waals surface area contributed by atoms with Gasteiger partial charge >= 0.3 is 0 Å². The van der Waals surface area contributed by atoms with Crippen LogP contribution in [-0.4, -0.2) is 0 Å². The Morgan fingerprint density at radius 2 is 2.09 bits per heavy atom. The maximum atomic E-state index is 12.9. The van der Waals surface area contributed by atoms with Gasteiger partial charge in [0.05, 0.1) is 0 Å². The predicted molar refractivity (Wildman–Crippen MR) is 45.7 cm³/mol. The molecule has 0 fully saturated rings. The van der Waals surface area contributed by atoms with E-state index in [1.54, 1.807) is 18.2 Å². The molecule has 0 aliphatic carbocycles. The number of benzene rings is 1. The van der Waals surface area contributed by atoms with Crippen LogP contribution in [0.3, 0.4) is 0 Å². The molecule has 0 saturated heterocycles. The third-order valence-electron chi connectivity index (χ3n) is 1.44. The molecule has 0 atom stereocenters. The number of hydrogen-bond acceptors (Lipinski definition) is 0. The van der Waals surface area contributed by atoms with Crippen LogP contribution in [0, 0.1) is 5.82 Å². The molecule has 0 bridgehead atoms. The van der Waals surface area contributed by atoms with Gasteiger partial charge in [0.15, 0.2) is 0 Å². The molecule has 58 valence electrons. The van der Waals surface area contributed by atoms with E-state index in [2.05, 4.69) is 0 Å². The summed E-state index contributed by atoms with van der Waals surface area (Å²) in [5.41, 5.74) is 0.661. The normalized spacial score (nSPS) is 10.7. The molecule has 0 aliphatic heterocycles. The van der Waals surface area contributed by atoms with E-state index in [1.807, 2.05) is 19.1 Å². The van der Waals surface area contributed by atoms with E-state index in [0.717, 1.165) is 6.42 Å². The van der Waals surface area contributed by atoms with Crippen LogP contribution in [0.2, 0.25) is 0 Å². The average molecular weight is 150 g/mol. The van der Waals surface area contributed by atoms with Crippen molar-refractivity contribution in [2.75, 3.05) is 0 Å². The lowest BCUT2D eigenvalue weighted by molar-refractivity contribution is 0.625. The molecule has 1 rings (SSSR count). The predicted octanol–water partition coefficient (Wildman–Crippen LogP) is 3.25. The molecule has 1 heteroatoms. The van der Waals surface area contributed by atoms with Crippen LogP contribution in [0.5, 0.6) is 0 Å². The largest absolute Gasteiger partial charge is 0.206 e. The fraction of sp³-hybridized carbons (Fsp3) is 0.200. The summed E-state index contributed by atoms with van der Waals surface area (Å²) in [4.78, 5) is 0. The van der Waals surface area contributed by atoms with Gasteiger partial charge in [0.2, 0.25) is 0 Å². The van der Waals surface area contributed by atoms with Crippen molar-refractivity contribution >= 4 is 6.08 Å². The van der Waals surface area contributed by atoms with Crippen LogP contribution in [0.4, 0.5) is 4.39 Å². The summed E-state index contributed by atoms with van der Waals surface area (Å²) >= 11 is 0. The third-order valence-corrected chi connectivity index (χ3v) is 1.44. The van der Waals surface area contributed by atoms with E-state index in [-0.39, 0.29) is 5.82 Å². The Kier molecular flexibility index (Phi) is 2.84. The standard InChI is InChI=1S/C10H11F/c1-2-3-6-9-7-4-5-8-10(9)11/h3-8H,2H2,1H3. The molecule has 0 aromatic heterocycles. The second-order valence-corrected chi connectivity index (χ2v) is 2.33. The number of halogens is 1. The molecule has 0 unspecified atom stereocenters. The first-order chi connectivity index (χ1) is 5.34. The Morgan fingerprint density at radius 1 is 1.36 bits per heavy atom. The number of rotatable bonds is 2. The van der Waals surface area contributed by atoms with Crippen molar-refractivity contribution in [1.82, 2.24) is 0 Å². The number of allylic oxidation sites excluding steroid dienone is 1. The van der Waals surface area contributed by atoms with Gasteiger partial charge in [-0.25, -0.2) is 4.39 Å². The second-order valence-electron chi connectivity index (χ2n) is 2.33. The highest BCUT2D eigenvalue weighted by molar-refractivity contribution is 5.49. The minimum absolute atomic E-state index is 0.155. The molecule has 0 spiro atoms. The van der Waals surface area contributed by atoms with Crippen LogP contribution < -0.4 is 0 Å². The summed E-state index contributed by atoms with van der Waals surface area (Å²) in [6.45, 7) is 2.03. The molecule has 1 aromatic carbocycles. The first kappa shape index (κ1) is 7.99. The van der Waals surface area contributed by atoms with E-state index < -0.39 is 0 Å². The van der Waals surface area contributed by atoms with Gasteiger partial charge in [0.25, 0.3) is 0 Å². The lowest BCUT2D eigenvalue weighted by atomic mass is 10.2. The van der Waals surface area contributed by atoms with E-state index in [1.165, 1.54) is 6.07 Å². The summed E-state index contributed by atoms with van der Waals surface area (Å²) < 4.78 is 12.9. The lowest BCUT2D eigenvalue weighted by Crippen LogP contribution is -1.78. The highest BCUT2D eigenvalue weighted by Crippen LogP contribution is 2.07. The van der Waals surface area contributed by atoms with E-state index in [0.29, 0.717) is 5.56 Å². The van der Waals surface area contributed by atoms with Crippen molar-refractivity contribution in [2.45, 2.75) is 13.3 Å². The van der Waals surface area contributed by atoms with Crippen molar-refractivity contribution in [1.29, 1.82) is 0 Å². The Bertz CT molecular complexity index is 251. The Labute approximate surface area is 66.4 Å². The molecule has 0 N–H and O–H groups in total. The summed E-state index contributed by atoms with van der Waals surface area (Å²) in [6.07, 6.45) is 4.68. The molecule has 0 aliphatic rings. The Hall–Kier alpha value is -1.11. The van der Waals surface area contributed by atoms with Crippen molar-refractivity contribution in [3.8, 4) is 0 Å². The third kappa shape index (κ3) is 2.19. The van der Waals surface area contributed by atoms with E-state index >= 15 is 0 Å². The molecule has 11 heavy (non-hydrogen) atoms. The van der Waals surface area contributed by atoms with Crippen LogP contribution >= 0.6 is 0 Å². The van der Waals surface area contributed by atoms with Gasteiger partial charge in [-0.15, -0.1) is 0 Å². The first-order valence-electron chi connectivity index (χ1n) is 3.75. The summed E-state index contributed by atoms with van der Waals surface area (Å²) in [6, 6.07) is 6.76. The van der Waals surface area contributed by atoms with Crippen LogP contribution in [0.25, 0.3) is 6.08 Å². The summed E-state index contributed by atoms with van der Waals surface area (Å²) in [5.74, 6) is -0.155. The molecule has 0 heterocycles. The average Bonchev–Trinajstić information content (AvgIpc) is 2.03. The minimum Gasteiger partial charge on any atom is -0.206 e. The molecule has 0 radical (unpaired) electrons. The van der Waals surface area contributed by atoms with Crippen LogP contribution in [-0.2, 0) is 0 Å². The van der Waals surface area contributed by atoms with Gasteiger partial charge in [-0.2, -0.15) is 0 Å². The van der Waals surface area contributed by atoms with Crippen LogP contribution in [0.15, 0.2) is 30.3 Å². The topological polar surface area (TPSA) is 0 Å². The fourth-order valence-corrected chi connectivity index (χ4v) is 0.855. The monoisotopic (exact) mass is 150 g/mol. The fourth-order valence-electron chi connectivity index (χ4n) is 0.855. The zero-order valence-electron chi connectivity index (χ0n) is 6.55. The van der Waals surface area contributed by atoms with Crippen LogP contribution in [0.1, 0.15) is 18.9 Å². The van der Waals surface area contributed by atoms with Crippen molar-refractivity contribution in [3.05, 3.63) is 41.7 Å².